The maximum Gasteiger partial charge on any atom is 0.0682 e. The van der Waals surface area contributed by atoms with Gasteiger partial charge in [-0.1, -0.05) is 41.5 Å². The maximum atomic E-state index is 6.35. The van der Waals surface area contributed by atoms with Crippen LogP contribution >= 0.6 is 0 Å². The Balaban J connectivity index is 4.89. The van der Waals surface area contributed by atoms with Crippen LogP contribution in [0.4, 0.5) is 0 Å². The van der Waals surface area contributed by atoms with E-state index < -0.39 is 0 Å². The molecule has 0 aliphatic rings. The molecule has 0 aliphatic heterocycles. The van der Waals surface area contributed by atoms with Gasteiger partial charge in [0.1, 0.15) is 0 Å². The molecular formula is C14H30O. The Labute approximate surface area is 96.6 Å². The van der Waals surface area contributed by atoms with Gasteiger partial charge in [0.15, 0.2) is 0 Å². The zero-order valence-electron chi connectivity index (χ0n) is 12.4. The van der Waals surface area contributed by atoms with E-state index in [1.54, 1.807) is 0 Å². The van der Waals surface area contributed by atoms with Crippen molar-refractivity contribution in [2.75, 3.05) is 0 Å². The third-order valence-electron chi connectivity index (χ3n) is 4.12. The Morgan fingerprint density at radius 1 is 0.467 bits per heavy atom. The number of rotatable bonds is 2. The van der Waals surface area contributed by atoms with Crippen molar-refractivity contribution in [3.63, 3.8) is 0 Å². The van der Waals surface area contributed by atoms with Gasteiger partial charge in [-0.15, -0.1) is 0 Å². The van der Waals surface area contributed by atoms with Gasteiger partial charge >= 0.3 is 0 Å². The van der Waals surface area contributed by atoms with Crippen molar-refractivity contribution in [1.29, 1.82) is 0 Å². The highest BCUT2D eigenvalue weighted by Gasteiger charge is 2.43. The van der Waals surface area contributed by atoms with Crippen LogP contribution < -0.4 is 0 Å². The lowest BCUT2D eigenvalue weighted by molar-refractivity contribution is -0.206. The molecule has 0 aliphatic carbocycles. The van der Waals surface area contributed by atoms with Crippen LogP contribution in [0.3, 0.4) is 0 Å². The first-order valence-corrected chi connectivity index (χ1v) is 5.91. The van der Waals surface area contributed by atoms with E-state index in [-0.39, 0.29) is 22.0 Å². The molecule has 0 aromatic carbocycles. The molecule has 92 valence electrons. The van der Waals surface area contributed by atoms with Gasteiger partial charge in [0.2, 0.25) is 0 Å². The summed E-state index contributed by atoms with van der Waals surface area (Å²) in [5, 5.41) is 0. The Bertz CT molecular complexity index is 186. The highest BCUT2D eigenvalue weighted by atomic mass is 16.5. The molecule has 0 aromatic rings. The number of hydrogen-bond donors (Lipinski definition) is 0. The number of ether oxygens (including phenoxy) is 1. The summed E-state index contributed by atoms with van der Waals surface area (Å²) < 4.78 is 6.35. The summed E-state index contributed by atoms with van der Waals surface area (Å²) in [6.07, 6.45) is 0. The van der Waals surface area contributed by atoms with Crippen LogP contribution in [0, 0.1) is 10.8 Å². The van der Waals surface area contributed by atoms with Crippen LogP contribution in [0.15, 0.2) is 0 Å². The Morgan fingerprint density at radius 2 is 0.667 bits per heavy atom. The van der Waals surface area contributed by atoms with Crippen LogP contribution in [0.25, 0.3) is 0 Å². The molecule has 0 heterocycles. The van der Waals surface area contributed by atoms with Gasteiger partial charge in [0.25, 0.3) is 0 Å². The lowest BCUT2D eigenvalue weighted by Gasteiger charge is -2.49. The molecule has 0 saturated carbocycles. The molecule has 0 aromatic heterocycles. The Morgan fingerprint density at radius 3 is 0.800 bits per heavy atom. The van der Waals surface area contributed by atoms with Gasteiger partial charge in [-0.3, -0.25) is 0 Å². The highest BCUT2D eigenvalue weighted by Crippen LogP contribution is 2.42. The van der Waals surface area contributed by atoms with Crippen LogP contribution in [0.1, 0.15) is 69.2 Å². The van der Waals surface area contributed by atoms with E-state index >= 15 is 0 Å². The predicted molar refractivity (Wildman–Crippen MR) is 68.2 cm³/mol. The first kappa shape index (κ1) is 15.0. The summed E-state index contributed by atoms with van der Waals surface area (Å²) in [6.45, 7) is 22.1. The lowest BCUT2D eigenvalue weighted by Crippen LogP contribution is -2.51. The normalized spacial score (nSPS) is 15.6. The van der Waals surface area contributed by atoms with E-state index in [9.17, 15) is 0 Å². The van der Waals surface area contributed by atoms with Gasteiger partial charge in [-0.25, -0.2) is 0 Å². The van der Waals surface area contributed by atoms with Gasteiger partial charge in [-0.05, 0) is 38.5 Å². The Hall–Kier alpha value is -0.0400. The second-order valence-corrected chi connectivity index (χ2v) is 7.62. The molecule has 0 rings (SSSR count). The van der Waals surface area contributed by atoms with E-state index in [0.717, 1.165) is 0 Å². The molecule has 0 spiro atoms. The predicted octanol–water partition coefficient (Wildman–Crippen LogP) is 4.65. The van der Waals surface area contributed by atoms with Gasteiger partial charge < -0.3 is 4.74 Å². The van der Waals surface area contributed by atoms with Gasteiger partial charge in [-0.2, -0.15) is 0 Å². The molecule has 0 atom stereocenters. The lowest BCUT2D eigenvalue weighted by atomic mass is 9.75. The molecule has 1 heteroatoms. The summed E-state index contributed by atoms with van der Waals surface area (Å²) in [5.74, 6) is 0. The van der Waals surface area contributed by atoms with Crippen molar-refractivity contribution < 1.29 is 4.74 Å². The topological polar surface area (TPSA) is 9.23 Å². The van der Waals surface area contributed by atoms with Crippen molar-refractivity contribution in [1.82, 2.24) is 0 Å². The maximum absolute atomic E-state index is 6.35. The van der Waals surface area contributed by atoms with E-state index in [1.165, 1.54) is 0 Å². The van der Waals surface area contributed by atoms with Crippen LogP contribution in [0.5, 0.6) is 0 Å². The van der Waals surface area contributed by atoms with Crippen LogP contribution in [0.2, 0.25) is 0 Å². The van der Waals surface area contributed by atoms with Gasteiger partial charge in [0, 0.05) is 0 Å². The fraction of sp³-hybridized carbons (Fsp3) is 1.00. The summed E-state index contributed by atoms with van der Waals surface area (Å²) >= 11 is 0. The van der Waals surface area contributed by atoms with E-state index in [2.05, 4.69) is 69.2 Å². The largest absolute Gasteiger partial charge is 0.369 e. The second-order valence-electron chi connectivity index (χ2n) is 7.62. The summed E-state index contributed by atoms with van der Waals surface area (Å²) in [4.78, 5) is 0. The molecule has 0 saturated heterocycles. The minimum atomic E-state index is -0.121. The van der Waals surface area contributed by atoms with Crippen molar-refractivity contribution in [2.45, 2.75) is 80.4 Å². The smallest absolute Gasteiger partial charge is 0.0682 e. The van der Waals surface area contributed by atoms with Crippen molar-refractivity contribution in [3.05, 3.63) is 0 Å². The molecule has 0 bridgehead atoms. The summed E-state index contributed by atoms with van der Waals surface area (Å²) in [5.41, 5.74) is 0.0542. The van der Waals surface area contributed by atoms with Crippen molar-refractivity contribution in [3.8, 4) is 0 Å². The average Bonchev–Trinajstić information content (AvgIpc) is 1.77. The first-order valence-electron chi connectivity index (χ1n) is 5.91. The van der Waals surface area contributed by atoms with Gasteiger partial charge in [0.05, 0.1) is 11.2 Å². The van der Waals surface area contributed by atoms with Crippen molar-refractivity contribution >= 4 is 0 Å². The summed E-state index contributed by atoms with van der Waals surface area (Å²) in [7, 11) is 0. The van der Waals surface area contributed by atoms with E-state index in [0.29, 0.717) is 0 Å². The van der Waals surface area contributed by atoms with E-state index in [1.807, 2.05) is 0 Å². The standard InChI is InChI=1S/C14H30O/c1-11(2,3)13(7,8)15-14(9,10)12(4,5)6/h1-10H3. The quantitative estimate of drug-likeness (QED) is 0.650. The molecule has 0 fully saturated rings. The fourth-order valence-electron chi connectivity index (χ4n) is 0.944. The SMILES string of the molecule is CC(C)(C)C(C)(C)OC(C)(C)C(C)(C)C. The highest BCUT2D eigenvalue weighted by molar-refractivity contribution is 4.91. The minimum Gasteiger partial charge on any atom is -0.369 e. The van der Waals surface area contributed by atoms with Crippen molar-refractivity contribution in [2.24, 2.45) is 10.8 Å². The zero-order valence-corrected chi connectivity index (χ0v) is 12.4. The minimum absolute atomic E-state index is 0.121. The summed E-state index contributed by atoms with van der Waals surface area (Å²) in [6, 6.07) is 0. The van der Waals surface area contributed by atoms with E-state index in [4.69, 9.17) is 4.74 Å². The average molecular weight is 214 g/mol. The monoisotopic (exact) mass is 214 g/mol. The molecular weight excluding hydrogens is 184 g/mol. The molecule has 0 amide bonds. The second kappa shape index (κ2) is 3.76. The first-order chi connectivity index (χ1) is 6.21. The van der Waals surface area contributed by atoms with Crippen LogP contribution in [-0.2, 0) is 4.74 Å². The molecule has 0 radical (unpaired) electrons. The Kier molecular flexibility index (Phi) is 3.75. The number of hydrogen-bond acceptors (Lipinski definition) is 1. The van der Waals surface area contributed by atoms with Crippen LogP contribution in [-0.4, -0.2) is 11.2 Å². The third kappa shape index (κ3) is 3.48. The fourth-order valence-corrected chi connectivity index (χ4v) is 0.944. The molecule has 0 N–H and O–H groups in total. The zero-order chi connectivity index (χ0) is 12.7. The third-order valence-corrected chi connectivity index (χ3v) is 4.12. The molecule has 15 heavy (non-hydrogen) atoms. The molecule has 0 unspecified atom stereocenters. The molecule has 1 nitrogen and oxygen atoms in total.